The number of benzene rings is 1. The summed E-state index contributed by atoms with van der Waals surface area (Å²) in [5, 5.41) is 5.61. The van der Waals surface area contributed by atoms with Gasteiger partial charge >= 0.3 is 0 Å². The Morgan fingerprint density at radius 3 is 3.00 bits per heavy atom. The summed E-state index contributed by atoms with van der Waals surface area (Å²) in [5.41, 5.74) is 2.26. The molecule has 5 heteroatoms. The van der Waals surface area contributed by atoms with E-state index in [0.717, 1.165) is 24.3 Å². The molecule has 5 nitrogen and oxygen atoms in total. The van der Waals surface area contributed by atoms with E-state index >= 15 is 0 Å². The number of nitrogens with one attached hydrogen (secondary N) is 2. The van der Waals surface area contributed by atoms with E-state index in [1.165, 1.54) is 0 Å². The molecule has 0 aliphatic carbocycles. The lowest BCUT2D eigenvalue weighted by atomic mass is 10.1. The van der Waals surface area contributed by atoms with Crippen molar-refractivity contribution >= 4 is 17.5 Å². The summed E-state index contributed by atoms with van der Waals surface area (Å²) in [6, 6.07) is 5.31. The highest BCUT2D eigenvalue weighted by molar-refractivity contribution is 6.02. The molecule has 0 unspecified atom stereocenters. The van der Waals surface area contributed by atoms with Crippen LogP contribution in [0.1, 0.15) is 36.2 Å². The lowest BCUT2D eigenvalue weighted by Crippen LogP contribution is -2.25. The van der Waals surface area contributed by atoms with Crippen LogP contribution in [0.25, 0.3) is 0 Å². The largest absolute Gasteiger partial charge is 0.381 e. The molecule has 21 heavy (non-hydrogen) atoms. The normalized spacial score (nSPS) is 13.2. The molecule has 0 radical (unpaired) electrons. The molecule has 1 aromatic carbocycles. The summed E-state index contributed by atoms with van der Waals surface area (Å²) < 4.78 is 5.46. The number of anilines is 1. The SMILES string of the molecule is CC(C)COCCCNC(=O)c1ccc2c(c1)NC(=O)C2. The van der Waals surface area contributed by atoms with E-state index in [-0.39, 0.29) is 11.8 Å². The zero-order valence-corrected chi connectivity index (χ0v) is 12.6. The Labute approximate surface area is 125 Å². The minimum Gasteiger partial charge on any atom is -0.381 e. The summed E-state index contributed by atoms with van der Waals surface area (Å²) in [4.78, 5) is 23.3. The van der Waals surface area contributed by atoms with E-state index in [4.69, 9.17) is 4.74 Å². The van der Waals surface area contributed by atoms with Gasteiger partial charge in [0.1, 0.15) is 0 Å². The van der Waals surface area contributed by atoms with Gasteiger partial charge in [-0.2, -0.15) is 0 Å². The van der Waals surface area contributed by atoms with Crippen molar-refractivity contribution in [1.82, 2.24) is 5.32 Å². The monoisotopic (exact) mass is 290 g/mol. The summed E-state index contributed by atoms with van der Waals surface area (Å²) in [6.07, 6.45) is 1.19. The van der Waals surface area contributed by atoms with Crippen molar-refractivity contribution in [2.45, 2.75) is 26.7 Å². The highest BCUT2D eigenvalue weighted by Gasteiger charge is 2.18. The van der Waals surface area contributed by atoms with Crippen LogP contribution < -0.4 is 10.6 Å². The predicted molar refractivity (Wildman–Crippen MR) is 81.4 cm³/mol. The number of fused-ring (bicyclic) bond motifs is 1. The molecule has 0 aromatic heterocycles. The van der Waals surface area contributed by atoms with Crippen LogP contribution in [-0.2, 0) is 16.0 Å². The van der Waals surface area contributed by atoms with Gasteiger partial charge in [-0.1, -0.05) is 19.9 Å². The summed E-state index contributed by atoms with van der Waals surface area (Å²) >= 11 is 0. The maximum absolute atomic E-state index is 12.0. The molecule has 1 aliphatic heterocycles. The Morgan fingerprint density at radius 2 is 2.24 bits per heavy atom. The smallest absolute Gasteiger partial charge is 0.251 e. The Kier molecular flexibility index (Phi) is 5.33. The van der Waals surface area contributed by atoms with Crippen LogP contribution in [0, 0.1) is 5.92 Å². The molecule has 0 saturated heterocycles. The third-order valence-corrected chi connectivity index (χ3v) is 3.20. The molecular weight excluding hydrogens is 268 g/mol. The molecule has 2 amide bonds. The maximum atomic E-state index is 12.0. The van der Waals surface area contributed by atoms with Crippen molar-refractivity contribution in [3.05, 3.63) is 29.3 Å². The molecule has 1 aromatic rings. The van der Waals surface area contributed by atoms with E-state index in [0.29, 0.717) is 31.1 Å². The molecule has 0 spiro atoms. The standard InChI is InChI=1S/C16H22N2O3/c1-11(2)10-21-7-3-6-17-16(20)13-5-4-12-9-15(19)18-14(12)8-13/h4-5,8,11H,3,6-7,9-10H2,1-2H3,(H,17,20)(H,18,19). The van der Waals surface area contributed by atoms with Gasteiger partial charge in [-0.15, -0.1) is 0 Å². The Balaban J connectivity index is 1.74. The second-order valence-electron chi connectivity index (χ2n) is 5.68. The van der Waals surface area contributed by atoms with Crippen LogP contribution in [0.3, 0.4) is 0 Å². The van der Waals surface area contributed by atoms with Crippen LogP contribution in [-0.4, -0.2) is 31.6 Å². The van der Waals surface area contributed by atoms with Crippen molar-refractivity contribution < 1.29 is 14.3 Å². The van der Waals surface area contributed by atoms with Gasteiger partial charge in [0.05, 0.1) is 6.42 Å². The first kappa shape index (κ1) is 15.5. The average Bonchev–Trinajstić information content (AvgIpc) is 2.81. The van der Waals surface area contributed by atoms with Crippen molar-refractivity contribution in [1.29, 1.82) is 0 Å². The fourth-order valence-corrected chi connectivity index (χ4v) is 2.15. The molecule has 0 saturated carbocycles. The van der Waals surface area contributed by atoms with Crippen molar-refractivity contribution in [3.8, 4) is 0 Å². The first-order chi connectivity index (χ1) is 10.1. The van der Waals surface area contributed by atoms with Crippen LogP contribution >= 0.6 is 0 Å². The van der Waals surface area contributed by atoms with E-state index in [9.17, 15) is 9.59 Å². The number of ether oxygens (including phenoxy) is 1. The molecular formula is C16H22N2O3. The number of hydrogen-bond donors (Lipinski definition) is 2. The summed E-state index contributed by atoms with van der Waals surface area (Å²) in [7, 11) is 0. The topological polar surface area (TPSA) is 67.4 Å². The first-order valence-electron chi connectivity index (χ1n) is 7.35. The quantitative estimate of drug-likeness (QED) is 0.754. The Morgan fingerprint density at radius 1 is 1.43 bits per heavy atom. The van der Waals surface area contributed by atoms with Gasteiger partial charge < -0.3 is 15.4 Å². The van der Waals surface area contributed by atoms with Crippen LogP contribution in [0.15, 0.2) is 18.2 Å². The van der Waals surface area contributed by atoms with E-state index in [1.54, 1.807) is 12.1 Å². The summed E-state index contributed by atoms with van der Waals surface area (Å²) in [6.45, 7) is 6.19. The fraction of sp³-hybridized carbons (Fsp3) is 0.500. The molecule has 2 rings (SSSR count). The molecule has 114 valence electrons. The third kappa shape index (κ3) is 4.56. The second kappa shape index (κ2) is 7.22. The number of carbonyl (C=O) groups excluding carboxylic acids is 2. The van der Waals surface area contributed by atoms with Crippen LogP contribution in [0.5, 0.6) is 0 Å². The minimum atomic E-state index is -0.122. The molecule has 0 fully saturated rings. The number of carbonyl (C=O) groups is 2. The fourth-order valence-electron chi connectivity index (χ4n) is 2.15. The highest BCUT2D eigenvalue weighted by Crippen LogP contribution is 2.23. The van der Waals surface area contributed by atoms with Crippen molar-refractivity contribution in [2.75, 3.05) is 25.1 Å². The van der Waals surface area contributed by atoms with Gasteiger partial charge in [0.15, 0.2) is 0 Å². The molecule has 1 aliphatic rings. The van der Waals surface area contributed by atoms with Crippen molar-refractivity contribution in [3.63, 3.8) is 0 Å². The molecule has 1 heterocycles. The minimum absolute atomic E-state index is 0.0233. The zero-order valence-electron chi connectivity index (χ0n) is 12.6. The highest BCUT2D eigenvalue weighted by atomic mass is 16.5. The van der Waals surface area contributed by atoms with Crippen LogP contribution in [0.2, 0.25) is 0 Å². The number of hydrogen-bond acceptors (Lipinski definition) is 3. The van der Waals surface area contributed by atoms with E-state index < -0.39 is 0 Å². The first-order valence-corrected chi connectivity index (χ1v) is 7.35. The third-order valence-electron chi connectivity index (χ3n) is 3.20. The summed E-state index contributed by atoms with van der Waals surface area (Å²) in [5.74, 6) is 0.383. The zero-order chi connectivity index (χ0) is 15.2. The second-order valence-corrected chi connectivity index (χ2v) is 5.68. The maximum Gasteiger partial charge on any atom is 0.251 e. The molecule has 2 N–H and O–H groups in total. The van der Waals surface area contributed by atoms with Gasteiger partial charge in [-0.3, -0.25) is 9.59 Å². The van der Waals surface area contributed by atoms with Gasteiger partial charge in [0.2, 0.25) is 5.91 Å². The average molecular weight is 290 g/mol. The van der Waals surface area contributed by atoms with Crippen LogP contribution in [0.4, 0.5) is 5.69 Å². The lowest BCUT2D eigenvalue weighted by Gasteiger charge is -2.08. The van der Waals surface area contributed by atoms with Gasteiger partial charge in [-0.25, -0.2) is 0 Å². The predicted octanol–water partition coefficient (Wildman–Crippen LogP) is 1.97. The van der Waals surface area contributed by atoms with Gasteiger partial charge in [0, 0.05) is 31.0 Å². The van der Waals surface area contributed by atoms with Crippen molar-refractivity contribution in [2.24, 2.45) is 5.92 Å². The number of amides is 2. The lowest BCUT2D eigenvalue weighted by molar-refractivity contribution is -0.115. The Bertz CT molecular complexity index is 526. The Hall–Kier alpha value is -1.88. The van der Waals surface area contributed by atoms with Gasteiger partial charge in [-0.05, 0) is 30.0 Å². The number of rotatable bonds is 7. The van der Waals surface area contributed by atoms with E-state index in [2.05, 4.69) is 24.5 Å². The van der Waals surface area contributed by atoms with Gasteiger partial charge in [0.25, 0.3) is 5.91 Å². The molecule has 0 atom stereocenters. The van der Waals surface area contributed by atoms with E-state index in [1.807, 2.05) is 6.07 Å². The molecule has 0 bridgehead atoms.